The van der Waals surface area contributed by atoms with Gasteiger partial charge in [0.25, 0.3) is 5.91 Å². The highest BCUT2D eigenvalue weighted by molar-refractivity contribution is 7.22. The molecule has 0 spiro atoms. The van der Waals surface area contributed by atoms with Gasteiger partial charge in [-0.15, -0.1) is 0 Å². The van der Waals surface area contributed by atoms with Gasteiger partial charge >= 0.3 is 0 Å². The fraction of sp³-hybridized carbons (Fsp3) is 0.0909. The molecule has 2 heterocycles. The molecule has 0 atom stereocenters. The first-order chi connectivity index (χ1) is 14.0. The summed E-state index contributed by atoms with van der Waals surface area (Å²) in [5.74, 6) is 0.114. The number of benzene rings is 2. The molecule has 0 aliphatic heterocycles. The predicted molar refractivity (Wildman–Crippen MR) is 114 cm³/mol. The van der Waals surface area contributed by atoms with Gasteiger partial charge in [0.15, 0.2) is 5.78 Å². The van der Waals surface area contributed by atoms with Crippen LogP contribution in [0.2, 0.25) is 0 Å². The summed E-state index contributed by atoms with van der Waals surface area (Å²) in [4.78, 5) is 29.3. The van der Waals surface area contributed by atoms with Gasteiger partial charge in [0.2, 0.25) is 5.13 Å². The van der Waals surface area contributed by atoms with Crippen molar-refractivity contribution >= 4 is 44.6 Å². The van der Waals surface area contributed by atoms with Crippen molar-refractivity contribution < 1.29 is 14.0 Å². The Morgan fingerprint density at radius 2 is 1.86 bits per heavy atom. The summed E-state index contributed by atoms with van der Waals surface area (Å²) >= 11 is 1.38. The Morgan fingerprint density at radius 1 is 1.10 bits per heavy atom. The molecule has 0 aliphatic carbocycles. The Morgan fingerprint density at radius 3 is 2.55 bits per heavy atom. The Hall–Kier alpha value is -3.58. The number of fused-ring (bicyclic) bond motifs is 1. The lowest BCUT2D eigenvalue weighted by atomic mass is 10.1. The fourth-order valence-corrected chi connectivity index (χ4v) is 3.77. The smallest absolute Gasteiger partial charge is 0.280 e. The largest absolute Gasteiger partial charge is 0.463 e. The molecule has 2 aromatic heterocycles. The highest BCUT2D eigenvalue weighted by Crippen LogP contribution is 2.30. The molecule has 0 bridgehead atoms. The third-order valence-corrected chi connectivity index (χ3v) is 5.28. The van der Waals surface area contributed by atoms with E-state index in [-0.39, 0.29) is 11.7 Å². The van der Waals surface area contributed by atoms with Crippen LogP contribution in [-0.2, 0) is 0 Å². The van der Waals surface area contributed by atoms with Gasteiger partial charge in [0.1, 0.15) is 5.76 Å². The predicted octanol–water partition coefficient (Wildman–Crippen LogP) is 5.08. The number of furan rings is 1. The molecule has 144 valence electrons. The number of nitrogens with zero attached hydrogens (tertiary/aromatic N) is 3. The minimum Gasteiger partial charge on any atom is -0.463 e. The lowest BCUT2D eigenvalue weighted by molar-refractivity contribution is 0.0983. The van der Waals surface area contributed by atoms with Gasteiger partial charge in [-0.3, -0.25) is 9.59 Å². The standard InChI is InChI=1S/C22H17N3O3S/c1-14-5-10-19-20(12-14)29-22(24-19)25(23-13-18-4-3-11-28-18)21(27)17-8-6-16(7-9-17)15(2)26/h3-13H,1-2H3/b23-13-. The molecule has 29 heavy (non-hydrogen) atoms. The Kier molecular flexibility index (Phi) is 5.05. The van der Waals surface area contributed by atoms with Crippen molar-refractivity contribution in [3.05, 3.63) is 83.3 Å². The van der Waals surface area contributed by atoms with Crippen LogP contribution in [-0.4, -0.2) is 22.9 Å². The first-order valence-corrected chi connectivity index (χ1v) is 9.73. The number of hydrazone groups is 1. The average Bonchev–Trinajstić information content (AvgIpc) is 3.37. The molecule has 4 aromatic rings. The molecule has 0 saturated heterocycles. The van der Waals surface area contributed by atoms with Crippen LogP contribution in [0.1, 0.15) is 39.0 Å². The van der Waals surface area contributed by atoms with Gasteiger partial charge in [0, 0.05) is 11.1 Å². The van der Waals surface area contributed by atoms with Crippen LogP contribution < -0.4 is 5.01 Å². The zero-order valence-corrected chi connectivity index (χ0v) is 16.6. The lowest BCUT2D eigenvalue weighted by Gasteiger charge is -2.13. The maximum Gasteiger partial charge on any atom is 0.280 e. The fourth-order valence-electron chi connectivity index (χ4n) is 2.75. The molecule has 0 radical (unpaired) electrons. The third-order valence-electron chi connectivity index (χ3n) is 4.29. The van der Waals surface area contributed by atoms with E-state index in [0.717, 1.165) is 15.8 Å². The number of thiazole rings is 1. The molecule has 0 aliphatic rings. The second-order valence-corrected chi connectivity index (χ2v) is 7.49. The van der Waals surface area contributed by atoms with Crippen molar-refractivity contribution in [2.75, 3.05) is 5.01 Å². The van der Waals surface area contributed by atoms with E-state index in [9.17, 15) is 9.59 Å². The molecule has 2 aromatic carbocycles. The van der Waals surface area contributed by atoms with Crippen LogP contribution in [0.15, 0.2) is 70.4 Å². The summed E-state index contributed by atoms with van der Waals surface area (Å²) in [5, 5.41) is 6.04. The van der Waals surface area contributed by atoms with Crippen LogP contribution in [0.25, 0.3) is 10.2 Å². The van der Waals surface area contributed by atoms with Crippen LogP contribution in [0.3, 0.4) is 0 Å². The average molecular weight is 403 g/mol. The van der Waals surface area contributed by atoms with Crippen LogP contribution >= 0.6 is 11.3 Å². The maximum absolute atomic E-state index is 13.2. The number of anilines is 1. The number of carbonyl (C=O) groups is 2. The lowest BCUT2D eigenvalue weighted by Crippen LogP contribution is -2.25. The number of rotatable bonds is 5. The first-order valence-electron chi connectivity index (χ1n) is 8.91. The van der Waals surface area contributed by atoms with E-state index in [1.165, 1.54) is 35.7 Å². The number of hydrogen-bond donors (Lipinski definition) is 0. The van der Waals surface area contributed by atoms with Crippen molar-refractivity contribution in [2.24, 2.45) is 5.10 Å². The number of ketones is 1. The number of aryl methyl sites for hydroxylation is 1. The minimum atomic E-state index is -0.348. The molecule has 0 unspecified atom stereocenters. The maximum atomic E-state index is 13.2. The number of hydrogen-bond acceptors (Lipinski definition) is 6. The molecular formula is C22H17N3O3S. The summed E-state index contributed by atoms with van der Waals surface area (Å²) in [6, 6.07) is 15.9. The van der Waals surface area contributed by atoms with Gasteiger partial charge < -0.3 is 4.42 Å². The number of aromatic nitrogens is 1. The number of amides is 1. The number of Topliss-reactive ketones (excluding diaryl/α,β-unsaturated/α-hetero) is 1. The van der Waals surface area contributed by atoms with Crippen LogP contribution in [0.5, 0.6) is 0 Å². The van der Waals surface area contributed by atoms with Gasteiger partial charge in [-0.05, 0) is 55.8 Å². The molecule has 1 amide bonds. The molecule has 0 fully saturated rings. The molecule has 7 heteroatoms. The van der Waals surface area contributed by atoms with Gasteiger partial charge in [-0.25, -0.2) is 4.98 Å². The SMILES string of the molecule is CC(=O)c1ccc(C(=O)N(/N=C\c2ccco2)c2nc3ccc(C)cc3s2)cc1. The Balaban J connectivity index is 1.74. The van der Waals surface area contributed by atoms with E-state index in [4.69, 9.17) is 4.42 Å². The van der Waals surface area contributed by atoms with E-state index in [0.29, 0.717) is 22.0 Å². The van der Waals surface area contributed by atoms with Gasteiger partial charge in [0.05, 0.1) is 22.7 Å². The second kappa shape index (κ2) is 7.81. The van der Waals surface area contributed by atoms with E-state index >= 15 is 0 Å². The van der Waals surface area contributed by atoms with Crippen molar-refractivity contribution in [3.8, 4) is 0 Å². The highest BCUT2D eigenvalue weighted by atomic mass is 32.1. The van der Waals surface area contributed by atoms with Gasteiger partial charge in [-0.1, -0.05) is 29.5 Å². The molecular weight excluding hydrogens is 386 g/mol. The Labute approximate surface area is 171 Å². The molecule has 0 N–H and O–H groups in total. The summed E-state index contributed by atoms with van der Waals surface area (Å²) in [6.45, 7) is 3.49. The van der Waals surface area contributed by atoms with Crippen molar-refractivity contribution in [1.82, 2.24) is 4.98 Å². The molecule has 0 saturated carbocycles. The molecule has 4 rings (SSSR count). The molecule has 6 nitrogen and oxygen atoms in total. The number of carbonyl (C=O) groups excluding carboxylic acids is 2. The highest BCUT2D eigenvalue weighted by Gasteiger charge is 2.21. The van der Waals surface area contributed by atoms with E-state index in [2.05, 4.69) is 10.1 Å². The van der Waals surface area contributed by atoms with Crippen LogP contribution in [0.4, 0.5) is 5.13 Å². The van der Waals surface area contributed by atoms with Crippen molar-refractivity contribution in [1.29, 1.82) is 0 Å². The summed E-state index contributed by atoms with van der Waals surface area (Å²) in [6.07, 6.45) is 3.01. The normalized spacial score (nSPS) is 11.2. The Bertz CT molecular complexity index is 1210. The zero-order chi connectivity index (χ0) is 20.4. The third kappa shape index (κ3) is 4.00. The second-order valence-electron chi connectivity index (χ2n) is 6.48. The van der Waals surface area contributed by atoms with Gasteiger partial charge in [-0.2, -0.15) is 10.1 Å². The summed E-state index contributed by atoms with van der Waals surface area (Å²) in [5.41, 5.74) is 2.86. The monoisotopic (exact) mass is 403 g/mol. The first kappa shape index (κ1) is 18.8. The topological polar surface area (TPSA) is 75.8 Å². The zero-order valence-electron chi connectivity index (χ0n) is 15.8. The quantitative estimate of drug-likeness (QED) is 0.264. The summed E-state index contributed by atoms with van der Waals surface area (Å²) in [7, 11) is 0. The van der Waals surface area contributed by atoms with E-state index in [1.807, 2.05) is 25.1 Å². The van der Waals surface area contributed by atoms with Crippen molar-refractivity contribution in [3.63, 3.8) is 0 Å². The summed E-state index contributed by atoms with van der Waals surface area (Å²) < 4.78 is 6.25. The van der Waals surface area contributed by atoms with E-state index < -0.39 is 0 Å². The van der Waals surface area contributed by atoms with Crippen LogP contribution in [0, 0.1) is 6.92 Å². The van der Waals surface area contributed by atoms with E-state index in [1.54, 1.807) is 36.4 Å². The van der Waals surface area contributed by atoms with Crippen molar-refractivity contribution in [2.45, 2.75) is 13.8 Å². The minimum absolute atomic E-state index is 0.0572.